The highest BCUT2D eigenvalue weighted by Crippen LogP contribution is 2.28. The van der Waals surface area contributed by atoms with Gasteiger partial charge in [-0.2, -0.15) is 0 Å². The number of hydrogen-bond donors (Lipinski definition) is 1. The average molecular weight is 248 g/mol. The van der Waals surface area contributed by atoms with E-state index in [4.69, 9.17) is 0 Å². The zero-order valence-electron chi connectivity index (χ0n) is 10.8. The van der Waals surface area contributed by atoms with Gasteiger partial charge in [0.25, 0.3) is 5.69 Å². The fourth-order valence-electron chi connectivity index (χ4n) is 2.87. The van der Waals surface area contributed by atoms with Gasteiger partial charge in [-0.05, 0) is 18.8 Å². The van der Waals surface area contributed by atoms with Crippen molar-refractivity contribution in [2.24, 2.45) is 5.92 Å². The van der Waals surface area contributed by atoms with Crippen LogP contribution in [0.1, 0.15) is 38.2 Å². The lowest BCUT2D eigenvalue weighted by Crippen LogP contribution is -2.31. The SMILES string of the molecule is CCC1CCCC1NCc1ccccc1[N+](=O)[O-]. The molecule has 2 atom stereocenters. The molecule has 1 saturated carbocycles. The average Bonchev–Trinajstić information content (AvgIpc) is 2.84. The number of nitrogens with one attached hydrogen (secondary N) is 1. The molecular formula is C14H20N2O2. The fraction of sp³-hybridized carbons (Fsp3) is 0.571. The molecule has 0 heterocycles. The summed E-state index contributed by atoms with van der Waals surface area (Å²) in [4.78, 5) is 10.6. The van der Waals surface area contributed by atoms with Gasteiger partial charge in [0.2, 0.25) is 0 Å². The van der Waals surface area contributed by atoms with Crippen LogP contribution in [0.15, 0.2) is 24.3 Å². The number of nitro groups is 1. The second-order valence-electron chi connectivity index (χ2n) is 4.97. The molecule has 0 saturated heterocycles. The normalized spacial score (nSPS) is 23.2. The van der Waals surface area contributed by atoms with Crippen LogP contribution in [-0.4, -0.2) is 11.0 Å². The van der Waals surface area contributed by atoms with Crippen molar-refractivity contribution >= 4 is 5.69 Å². The topological polar surface area (TPSA) is 55.2 Å². The van der Waals surface area contributed by atoms with Crippen molar-refractivity contribution in [2.75, 3.05) is 0 Å². The van der Waals surface area contributed by atoms with E-state index < -0.39 is 0 Å². The molecule has 2 unspecified atom stereocenters. The van der Waals surface area contributed by atoms with Crippen LogP contribution >= 0.6 is 0 Å². The Morgan fingerprint density at radius 2 is 2.17 bits per heavy atom. The largest absolute Gasteiger partial charge is 0.309 e. The third-order valence-electron chi connectivity index (χ3n) is 3.93. The number of rotatable bonds is 5. The molecule has 0 bridgehead atoms. The highest BCUT2D eigenvalue weighted by atomic mass is 16.6. The number of benzene rings is 1. The van der Waals surface area contributed by atoms with E-state index in [1.54, 1.807) is 12.1 Å². The van der Waals surface area contributed by atoms with Gasteiger partial charge in [-0.1, -0.05) is 38.0 Å². The molecule has 0 amide bonds. The monoisotopic (exact) mass is 248 g/mol. The molecular weight excluding hydrogens is 228 g/mol. The predicted molar refractivity (Wildman–Crippen MR) is 71.4 cm³/mol. The summed E-state index contributed by atoms with van der Waals surface area (Å²) in [6.45, 7) is 2.81. The van der Waals surface area contributed by atoms with Crippen LogP contribution in [0.2, 0.25) is 0 Å². The summed E-state index contributed by atoms with van der Waals surface area (Å²) < 4.78 is 0. The molecule has 0 spiro atoms. The van der Waals surface area contributed by atoms with Crippen LogP contribution in [0.3, 0.4) is 0 Å². The van der Waals surface area contributed by atoms with Crippen molar-refractivity contribution in [1.82, 2.24) is 5.32 Å². The number of nitro benzene ring substituents is 1. The third kappa shape index (κ3) is 2.88. The van der Waals surface area contributed by atoms with Crippen molar-refractivity contribution < 1.29 is 4.92 Å². The molecule has 4 nitrogen and oxygen atoms in total. The van der Waals surface area contributed by atoms with Gasteiger partial charge in [-0.3, -0.25) is 10.1 Å². The maximum atomic E-state index is 10.9. The lowest BCUT2D eigenvalue weighted by atomic mass is 10.0. The van der Waals surface area contributed by atoms with Gasteiger partial charge in [0.15, 0.2) is 0 Å². The van der Waals surface area contributed by atoms with Gasteiger partial charge < -0.3 is 5.32 Å². The first-order chi connectivity index (χ1) is 8.72. The van der Waals surface area contributed by atoms with Crippen LogP contribution in [0, 0.1) is 16.0 Å². The third-order valence-corrected chi connectivity index (χ3v) is 3.93. The van der Waals surface area contributed by atoms with Crippen LogP contribution in [0.25, 0.3) is 0 Å². The Hall–Kier alpha value is -1.42. The summed E-state index contributed by atoms with van der Waals surface area (Å²) in [5, 5.41) is 14.4. The lowest BCUT2D eigenvalue weighted by molar-refractivity contribution is -0.385. The Bertz CT molecular complexity index is 420. The second-order valence-corrected chi connectivity index (χ2v) is 4.97. The molecule has 1 fully saturated rings. The molecule has 2 rings (SSSR count). The maximum absolute atomic E-state index is 10.9. The lowest BCUT2D eigenvalue weighted by Gasteiger charge is -2.19. The first kappa shape index (κ1) is 13.0. The number of para-hydroxylation sites is 1. The predicted octanol–water partition coefficient (Wildman–Crippen LogP) is 3.26. The minimum atomic E-state index is -0.303. The molecule has 1 aromatic carbocycles. The van der Waals surface area contributed by atoms with E-state index in [-0.39, 0.29) is 10.6 Å². The van der Waals surface area contributed by atoms with Crippen molar-refractivity contribution in [2.45, 2.75) is 45.2 Å². The van der Waals surface area contributed by atoms with Gasteiger partial charge in [0.1, 0.15) is 0 Å². The van der Waals surface area contributed by atoms with E-state index in [2.05, 4.69) is 12.2 Å². The quantitative estimate of drug-likeness (QED) is 0.642. The van der Waals surface area contributed by atoms with Crippen molar-refractivity contribution in [3.63, 3.8) is 0 Å². The summed E-state index contributed by atoms with van der Waals surface area (Å²) in [5.41, 5.74) is 1.00. The van der Waals surface area contributed by atoms with E-state index in [0.717, 1.165) is 11.5 Å². The fourth-order valence-corrected chi connectivity index (χ4v) is 2.87. The molecule has 0 aliphatic heterocycles. The van der Waals surface area contributed by atoms with Gasteiger partial charge in [-0.15, -0.1) is 0 Å². The Kier molecular flexibility index (Phi) is 4.31. The van der Waals surface area contributed by atoms with Gasteiger partial charge in [-0.25, -0.2) is 0 Å². The van der Waals surface area contributed by atoms with Crippen LogP contribution in [0.4, 0.5) is 5.69 Å². The molecule has 0 radical (unpaired) electrons. The Balaban J connectivity index is 2.00. The van der Waals surface area contributed by atoms with E-state index in [1.807, 2.05) is 12.1 Å². The molecule has 98 valence electrons. The summed E-state index contributed by atoms with van der Waals surface area (Å²) in [6.07, 6.45) is 4.94. The van der Waals surface area contributed by atoms with Gasteiger partial charge in [0, 0.05) is 24.2 Å². The Morgan fingerprint density at radius 1 is 1.39 bits per heavy atom. The standard InChI is InChI=1S/C14H20N2O2/c1-2-11-7-5-8-13(11)15-10-12-6-3-4-9-14(12)16(17)18/h3-4,6,9,11,13,15H,2,5,7-8,10H2,1H3. The van der Waals surface area contributed by atoms with E-state index in [0.29, 0.717) is 12.6 Å². The molecule has 1 aromatic rings. The molecule has 0 aromatic heterocycles. The second kappa shape index (κ2) is 5.96. The summed E-state index contributed by atoms with van der Waals surface area (Å²) in [6, 6.07) is 7.50. The first-order valence-electron chi connectivity index (χ1n) is 6.68. The zero-order valence-corrected chi connectivity index (χ0v) is 10.8. The number of hydrogen-bond acceptors (Lipinski definition) is 3. The summed E-state index contributed by atoms with van der Waals surface area (Å²) >= 11 is 0. The summed E-state index contributed by atoms with van der Waals surface area (Å²) in [5.74, 6) is 0.729. The van der Waals surface area contributed by atoms with Gasteiger partial charge >= 0.3 is 0 Å². The minimum absolute atomic E-state index is 0.219. The first-order valence-corrected chi connectivity index (χ1v) is 6.68. The Morgan fingerprint density at radius 3 is 2.89 bits per heavy atom. The minimum Gasteiger partial charge on any atom is -0.309 e. The van der Waals surface area contributed by atoms with Crippen molar-refractivity contribution in [3.05, 3.63) is 39.9 Å². The smallest absolute Gasteiger partial charge is 0.273 e. The highest BCUT2D eigenvalue weighted by Gasteiger charge is 2.25. The molecule has 18 heavy (non-hydrogen) atoms. The van der Waals surface area contributed by atoms with Gasteiger partial charge in [0.05, 0.1) is 4.92 Å². The van der Waals surface area contributed by atoms with E-state index in [1.165, 1.54) is 25.7 Å². The highest BCUT2D eigenvalue weighted by molar-refractivity contribution is 5.39. The van der Waals surface area contributed by atoms with E-state index in [9.17, 15) is 10.1 Å². The number of nitrogens with zero attached hydrogens (tertiary/aromatic N) is 1. The molecule has 1 aliphatic rings. The Labute approximate surface area is 108 Å². The van der Waals surface area contributed by atoms with Crippen LogP contribution < -0.4 is 5.32 Å². The summed E-state index contributed by atoms with van der Waals surface area (Å²) in [7, 11) is 0. The van der Waals surface area contributed by atoms with Crippen molar-refractivity contribution in [3.8, 4) is 0 Å². The maximum Gasteiger partial charge on any atom is 0.273 e. The van der Waals surface area contributed by atoms with Crippen LogP contribution in [0.5, 0.6) is 0 Å². The molecule has 4 heteroatoms. The van der Waals surface area contributed by atoms with Crippen LogP contribution in [-0.2, 0) is 6.54 Å². The van der Waals surface area contributed by atoms with E-state index >= 15 is 0 Å². The zero-order chi connectivity index (χ0) is 13.0. The molecule has 1 aliphatic carbocycles. The molecule has 1 N–H and O–H groups in total. The van der Waals surface area contributed by atoms with Crippen molar-refractivity contribution in [1.29, 1.82) is 0 Å².